The maximum absolute atomic E-state index is 13.6. The number of ether oxygens (including phenoxy) is 1. The van der Waals surface area contributed by atoms with E-state index in [0.717, 1.165) is 23.1 Å². The Morgan fingerprint density at radius 1 is 0.976 bits per heavy atom. The minimum Gasteiger partial charge on any atom is -0.444 e. The molecule has 4 rings (SSSR count). The number of benzene rings is 3. The molecule has 0 aliphatic carbocycles. The van der Waals surface area contributed by atoms with Gasteiger partial charge >= 0.3 is 11.7 Å². The Morgan fingerprint density at radius 2 is 1.62 bits per heavy atom. The van der Waals surface area contributed by atoms with Gasteiger partial charge in [0, 0.05) is 26.6 Å². The summed E-state index contributed by atoms with van der Waals surface area (Å²) in [5, 5.41) is 6.12. The lowest BCUT2D eigenvalue weighted by molar-refractivity contribution is -0.130. The van der Waals surface area contributed by atoms with Gasteiger partial charge in [0.1, 0.15) is 11.6 Å². The molecule has 220 valence electrons. The molecular formula is C33H38N4O5. The summed E-state index contributed by atoms with van der Waals surface area (Å²) in [7, 11) is 1.77. The zero-order valence-corrected chi connectivity index (χ0v) is 24.8. The Balaban J connectivity index is 1.54. The number of nitrogens with one attached hydrogen (secondary N) is 2. The van der Waals surface area contributed by atoms with E-state index in [1.54, 1.807) is 51.8 Å². The van der Waals surface area contributed by atoms with Crippen LogP contribution in [0.1, 0.15) is 43.0 Å². The first-order valence-corrected chi connectivity index (χ1v) is 14.0. The summed E-state index contributed by atoms with van der Waals surface area (Å²) in [6.45, 7) is 7.86. The molecule has 0 saturated carbocycles. The van der Waals surface area contributed by atoms with Gasteiger partial charge in [0.2, 0.25) is 5.91 Å². The Labute approximate surface area is 245 Å². The van der Waals surface area contributed by atoms with E-state index in [0.29, 0.717) is 29.4 Å². The van der Waals surface area contributed by atoms with E-state index in [1.807, 2.05) is 60.7 Å². The van der Waals surface area contributed by atoms with Crippen molar-refractivity contribution < 1.29 is 18.7 Å². The summed E-state index contributed by atoms with van der Waals surface area (Å²) >= 11 is 0. The van der Waals surface area contributed by atoms with E-state index in [2.05, 4.69) is 15.6 Å². The average Bonchev–Trinajstić information content (AvgIpc) is 2.95. The normalized spacial score (nSPS) is 12.0. The van der Waals surface area contributed by atoms with Crippen LogP contribution in [0, 0.1) is 6.92 Å². The Bertz CT molecular complexity index is 1580. The van der Waals surface area contributed by atoms with Crippen LogP contribution >= 0.6 is 0 Å². The van der Waals surface area contributed by atoms with Gasteiger partial charge in [-0.25, -0.2) is 9.59 Å². The highest BCUT2D eigenvalue weighted by atomic mass is 16.6. The molecule has 9 heteroatoms. The van der Waals surface area contributed by atoms with Crippen LogP contribution < -0.4 is 16.3 Å². The lowest BCUT2D eigenvalue weighted by Crippen LogP contribution is -2.43. The average molecular weight is 571 g/mol. The minimum absolute atomic E-state index is 0.0303. The van der Waals surface area contributed by atoms with Gasteiger partial charge in [-0.15, -0.1) is 0 Å². The number of aromatic nitrogens is 1. The monoisotopic (exact) mass is 570 g/mol. The van der Waals surface area contributed by atoms with Gasteiger partial charge in [-0.3, -0.25) is 4.79 Å². The number of amides is 2. The van der Waals surface area contributed by atoms with E-state index >= 15 is 0 Å². The lowest BCUT2D eigenvalue weighted by Gasteiger charge is -2.25. The SMILES string of the molecule is Cc1c(CNC(=O)OC(C)(C)C)ccc2nc(N[C@@H](Cc3ccccc3)C(=O)N(C)CCc3ccccc3)oc(=O)c12. The quantitative estimate of drug-likeness (QED) is 0.268. The molecule has 3 aromatic carbocycles. The standard InChI is InChI=1S/C33H38N4O5/c1-22-25(21-34-32(40)42-33(2,3)4)16-17-26-28(22)30(39)41-31(35-26)36-27(20-24-14-10-7-11-15-24)29(38)37(5)19-18-23-12-8-6-9-13-23/h6-17,27H,18-21H2,1-5H3,(H,34,40)(H,35,36)/t27-/m0/s1. The highest BCUT2D eigenvalue weighted by molar-refractivity contribution is 5.85. The lowest BCUT2D eigenvalue weighted by atomic mass is 10.0. The van der Waals surface area contributed by atoms with Crippen molar-refractivity contribution in [2.24, 2.45) is 0 Å². The molecule has 42 heavy (non-hydrogen) atoms. The number of hydrogen-bond donors (Lipinski definition) is 2. The topological polar surface area (TPSA) is 114 Å². The fourth-order valence-corrected chi connectivity index (χ4v) is 4.61. The van der Waals surface area contributed by atoms with Crippen molar-refractivity contribution in [2.75, 3.05) is 18.9 Å². The first-order chi connectivity index (χ1) is 20.0. The van der Waals surface area contributed by atoms with Crippen LogP contribution in [0.5, 0.6) is 0 Å². The van der Waals surface area contributed by atoms with Crippen LogP contribution in [0.2, 0.25) is 0 Å². The molecule has 0 fully saturated rings. The van der Waals surface area contributed by atoms with Crippen molar-refractivity contribution in [2.45, 2.75) is 58.7 Å². The molecule has 0 saturated heterocycles. The number of likely N-dealkylation sites (N-methyl/N-ethyl adjacent to an activating group) is 1. The summed E-state index contributed by atoms with van der Waals surface area (Å²) in [6.07, 6.45) is 0.552. The number of nitrogens with zero attached hydrogens (tertiary/aromatic N) is 2. The summed E-state index contributed by atoms with van der Waals surface area (Å²) in [5.41, 5.74) is 2.71. The third-order valence-electron chi connectivity index (χ3n) is 6.83. The first-order valence-electron chi connectivity index (χ1n) is 14.0. The molecule has 2 N–H and O–H groups in total. The zero-order chi connectivity index (χ0) is 30.3. The van der Waals surface area contributed by atoms with Crippen molar-refractivity contribution in [1.29, 1.82) is 0 Å². The predicted octanol–water partition coefficient (Wildman–Crippen LogP) is 5.25. The van der Waals surface area contributed by atoms with Gasteiger partial charge in [0.15, 0.2) is 0 Å². The number of rotatable bonds is 10. The van der Waals surface area contributed by atoms with Gasteiger partial charge in [0.05, 0.1) is 10.9 Å². The summed E-state index contributed by atoms with van der Waals surface area (Å²) < 4.78 is 10.9. The van der Waals surface area contributed by atoms with E-state index in [-0.39, 0.29) is 18.5 Å². The molecule has 2 amide bonds. The van der Waals surface area contributed by atoms with Crippen LogP contribution in [-0.2, 0) is 28.9 Å². The van der Waals surface area contributed by atoms with E-state index in [1.165, 1.54) is 0 Å². The van der Waals surface area contributed by atoms with Gasteiger partial charge in [-0.1, -0.05) is 66.7 Å². The number of hydrogen-bond acceptors (Lipinski definition) is 7. The molecule has 1 aromatic heterocycles. The van der Waals surface area contributed by atoms with E-state index in [4.69, 9.17) is 9.15 Å². The molecule has 0 bridgehead atoms. The molecule has 0 aliphatic rings. The Morgan fingerprint density at radius 3 is 2.26 bits per heavy atom. The molecule has 9 nitrogen and oxygen atoms in total. The number of fused-ring (bicyclic) bond motifs is 1. The Kier molecular flexibility index (Phi) is 9.62. The third kappa shape index (κ3) is 8.19. The van der Waals surface area contributed by atoms with Crippen LogP contribution in [-0.4, -0.2) is 47.1 Å². The second-order valence-corrected chi connectivity index (χ2v) is 11.3. The molecular weight excluding hydrogens is 532 g/mol. The van der Waals surface area contributed by atoms with Crippen LogP contribution in [0.15, 0.2) is 82.0 Å². The second-order valence-electron chi connectivity index (χ2n) is 11.3. The van der Waals surface area contributed by atoms with Gasteiger partial charge < -0.3 is 24.7 Å². The fourth-order valence-electron chi connectivity index (χ4n) is 4.61. The Hall–Kier alpha value is -4.66. The van der Waals surface area contributed by atoms with E-state index in [9.17, 15) is 14.4 Å². The maximum atomic E-state index is 13.6. The second kappa shape index (κ2) is 13.3. The zero-order valence-electron chi connectivity index (χ0n) is 24.8. The number of alkyl carbamates (subject to hydrolysis) is 1. The molecule has 1 heterocycles. The first kappa shape index (κ1) is 30.3. The molecule has 0 unspecified atom stereocenters. The summed E-state index contributed by atoms with van der Waals surface area (Å²) in [4.78, 5) is 45.1. The van der Waals surface area contributed by atoms with E-state index < -0.39 is 23.4 Å². The predicted molar refractivity (Wildman–Crippen MR) is 163 cm³/mol. The molecule has 4 aromatic rings. The van der Waals surface area contributed by atoms with Crippen molar-refractivity contribution in [3.05, 3.63) is 105 Å². The molecule has 0 spiro atoms. The number of aryl methyl sites for hydroxylation is 1. The van der Waals surface area contributed by atoms with Gasteiger partial charge in [-0.05, 0) is 62.4 Å². The summed E-state index contributed by atoms with van der Waals surface area (Å²) in [6, 6.07) is 22.4. The number of carbonyl (C=O) groups is 2. The largest absolute Gasteiger partial charge is 0.444 e. The van der Waals surface area contributed by atoms with Crippen molar-refractivity contribution in [3.63, 3.8) is 0 Å². The van der Waals surface area contributed by atoms with Crippen molar-refractivity contribution >= 4 is 28.9 Å². The minimum atomic E-state index is -0.709. The van der Waals surface area contributed by atoms with Gasteiger partial charge in [-0.2, -0.15) is 4.98 Å². The third-order valence-corrected chi connectivity index (χ3v) is 6.83. The van der Waals surface area contributed by atoms with Crippen molar-refractivity contribution in [1.82, 2.24) is 15.2 Å². The maximum Gasteiger partial charge on any atom is 0.407 e. The van der Waals surface area contributed by atoms with Crippen LogP contribution in [0.3, 0.4) is 0 Å². The van der Waals surface area contributed by atoms with Crippen LogP contribution in [0.25, 0.3) is 10.9 Å². The molecule has 0 radical (unpaired) electrons. The van der Waals surface area contributed by atoms with Crippen LogP contribution in [0.4, 0.5) is 10.8 Å². The molecule has 0 aliphatic heterocycles. The van der Waals surface area contributed by atoms with Gasteiger partial charge in [0.25, 0.3) is 6.01 Å². The molecule has 1 atom stereocenters. The smallest absolute Gasteiger partial charge is 0.407 e. The van der Waals surface area contributed by atoms with Crippen molar-refractivity contribution in [3.8, 4) is 0 Å². The number of anilines is 1. The highest BCUT2D eigenvalue weighted by Crippen LogP contribution is 2.21. The fraction of sp³-hybridized carbons (Fsp3) is 0.333. The highest BCUT2D eigenvalue weighted by Gasteiger charge is 2.25. The number of carbonyl (C=O) groups excluding carboxylic acids is 2. The summed E-state index contributed by atoms with van der Waals surface area (Å²) in [5.74, 6) is -0.140.